The number of hydrogen-bond donors (Lipinski definition) is 0. The van der Waals surface area contributed by atoms with E-state index in [1.54, 1.807) is 0 Å². The summed E-state index contributed by atoms with van der Waals surface area (Å²) in [7, 11) is 0. The molecular weight excluding hydrogens is 286 g/mol. The molecule has 2 rings (SSSR count). The van der Waals surface area contributed by atoms with Crippen LogP contribution in [0.1, 0.15) is 12.8 Å². The maximum absolute atomic E-state index is 8.41. The summed E-state index contributed by atoms with van der Waals surface area (Å²) >= 11 is 6.04. The van der Waals surface area contributed by atoms with Crippen LogP contribution in [0.25, 0.3) is 0 Å². The summed E-state index contributed by atoms with van der Waals surface area (Å²) in [6, 6.07) is 10.1. The van der Waals surface area contributed by atoms with Crippen LogP contribution >= 0.6 is 11.6 Å². The summed E-state index contributed by atoms with van der Waals surface area (Å²) in [4.78, 5) is 4.85. The van der Waals surface area contributed by atoms with Crippen LogP contribution in [0.5, 0.6) is 0 Å². The topological polar surface area (TPSA) is 39.5 Å². The van der Waals surface area contributed by atoms with E-state index in [0.717, 1.165) is 50.8 Å². The lowest BCUT2D eigenvalue weighted by Gasteiger charge is -2.36. The highest BCUT2D eigenvalue weighted by Crippen LogP contribution is 2.20. The van der Waals surface area contributed by atoms with Gasteiger partial charge in [0, 0.05) is 50.0 Å². The van der Waals surface area contributed by atoms with Crippen molar-refractivity contribution in [2.24, 2.45) is 0 Å². The molecule has 1 aliphatic rings. The summed E-state index contributed by atoms with van der Waals surface area (Å²) < 4.78 is 5.39. The molecule has 114 valence electrons. The van der Waals surface area contributed by atoms with Crippen molar-refractivity contribution in [2.75, 3.05) is 50.8 Å². The third kappa shape index (κ3) is 5.55. The standard InChI is InChI=1S/C16H22ClN3O/c17-15-4-1-5-16(14-15)20-10-8-19(9-11-20)7-3-13-21-12-2-6-18/h1,4-5,14H,2-3,7-13H2. The van der Waals surface area contributed by atoms with Crippen molar-refractivity contribution in [3.05, 3.63) is 29.3 Å². The van der Waals surface area contributed by atoms with Crippen LogP contribution < -0.4 is 4.90 Å². The van der Waals surface area contributed by atoms with Gasteiger partial charge in [-0.3, -0.25) is 4.90 Å². The summed E-state index contributed by atoms with van der Waals surface area (Å²) in [5, 5.41) is 9.21. The molecule has 0 spiro atoms. The third-order valence-corrected chi connectivity index (χ3v) is 3.90. The molecule has 0 bridgehead atoms. The Morgan fingerprint density at radius 2 is 2.00 bits per heavy atom. The van der Waals surface area contributed by atoms with Gasteiger partial charge < -0.3 is 9.64 Å². The predicted molar refractivity (Wildman–Crippen MR) is 85.8 cm³/mol. The van der Waals surface area contributed by atoms with Crippen molar-refractivity contribution in [3.63, 3.8) is 0 Å². The summed E-state index contributed by atoms with van der Waals surface area (Å²) in [6.45, 7) is 6.59. The van der Waals surface area contributed by atoms with Crippen LogP contribution in [0.3, 0.4) is 0 Å². The second kappa shape index (κ2) is 8.89. The van der Waals surface area contributed by atoms with E-state index in [1.807, 2.05) is 18.2 Å². The molecule has 0 N–H and O–H groups in total. The molecule has 0 amide bonds. The Kier molecular flexibility index (Phi) is 6.81. The molecule has 1 aliphatic heterocycles. The van der Waals surface area contributed by atoms with E-state index in [2.05, 4.69) is 21.9 Å². The van der Waals surface area contributed by atoms with E-state index in [1.165, 1.54) is 5.69 Å². The van der Waals surface area contributed by atoms with Gasteiger partial charge in [-0.25, -0.2) is 0 Å². The summed E-state index contributed by atoms with van der Waals surface area (Å²) in [6.07, 6.45) is 1.51. The molecule has 1 aromatic carbocycles. The number of anilines is 1. The monoisotopic (exact) mass is 307 g/mol. The molecule has 0 radical (unpaired) electrons. The first-order chi connectivity index (χ1) is 10.3. The van der Waals surface area contributed by atoms with Crippen LogP contribution in [-0.2, 0) is 4.74 Å². The Bertz CT molecular complexity index is 467. The quantitative estimate of drug-likeness (QED) is 0.726. The minimum absolute atomic E-state index is 0.484. The van der Waals surface area contributed by atoms with E-state index in [9.17, 15) is 0 Å². The number of nitriles is 1. The van der Waals surface area contributed by atoms with Crippen LogP contribution in [0.4, 0.5) is 5.69 Å². The number of ether oxygens (including phenoxy) is 1. The average molecular weight is 308 g/mol. The Labute approximate surface area is 131 Å². The molecule has 1 heterocycles. The fourth-order valence-electron chi connectivity index (χ4n) is 2.51. The van der Waals surface area contributed by atoms with Gasteiger partial charge in [-0.15, -0.1) is 0 Å². The van der Waals surface area contributed by atoms with Gasteiger partial charge in [-0.2, -0.15) is 5.26 Å². The molecule has 1 fully saturated rings. The van der Waals surface area contributed by atoms with E-state index in [4.69, 9.17) is 21.6 Å². The van der Waals surface area contributed by atoms with Gasteiger partial charge in [0.15, 0.2) is 0 Å². The lowest BCUT2D eigenvalue weighted by atomic mass is 10.2. The SMILES string of the molecule is N#CCCOCCCN1CCN(c2cccc(Cl)c2)CC1. The first-order valence-electron chi connectivity index (χ1n) is 7.47. The van der Waals surface area contributed by atoms with Crippen LogP contribution in [0, 0.1) is 11.3 Å². The van der Waals surface area contributed by atoms with Crippen molar-refractivity contribution in [2.45, 2.75) is 12.8 Å². The lowest BCUT2D eigenvalue weighted by Crippen LogP contribution is -2.46. The Hall–Kier alpha value is -1.28. The van der Waals surface area contributed by atoms with Crippen molar-refractivity contribution >= 4 is 17.3 Å². The number of hydrogen-bond acceptors (Lipinski definition) is 4. The van der Waals surface area contributed by atoms with Crippen molar-refractivity contribution in [1.29, 1.82) is 5.26 Å². The van der Waals surface area contributed by atoms with Gasteiger partial charge in [0.2, 0.25) is 0 Å². The molecule has 1 saturated heterocycles. The molecule has 0 unspecified atom stereocenters. The van der Waals surface area contributed by atoms with Gasteiger partial charge in [-0.1, -0.05) is 17.7 Å². The first kappa shape index (κ1) is 16.1. The van der Waals surface area contributed by atoms with E-state index in [-0.39, 0.29) is 0 Å². The average Bonchev–Trinajstić information content (AvgIpc) is 2.51. The zero-order valence-electron chi connectivity index (χ0n) is 12.3. The van der Waals surface area contributed by atoms with E-state index in [0.29, 0.717) is 13.0 Å². The maximum Gasteiger partial charge on any atom is 0.0645 e. The molecule has 5 heteroatoms. The molecular formula is C16H22ClN3O. The predicted octanol–water partition coefficient (Wildman–Crippen LogP) is 2.78. The number of piperazine rings is 1. The molecule has 1 aromatic rings. The highest BCUT2D eigenvalue weighted by molar-refractivity contribution is 6.30. The van der Waals surface area contributed by atoms with Gasteiger partial charge in [-0.05, 0) is 24.6 Å². The Morgan fingerprint density at radius 3 is 2.71 bits per heavy atom. The number of benzene rings is 1. The summed E-state index contributed by atoms with van der Waals surface area (Å²) in [5.41, 5.74) is 1.21. The maximum atomic E-state index is 8.41. The second-order valence-electron chi connectivity index (χ2n) is 5.18. The largest absolute Gasteiger partial charge is 0.380 e. The number of nitrogens with zero attached hydrogens (tertiary/aromatic N) is 3. The minimum atomic E-state index is 0.484. The zero-order chi connectivity index (χ0) is 14.9. The molecule has 4 nitrogen and oxygen atoms in total. The molecule has 21 heavy (non-hydrogen) atoms. The molecule has 0 aliphatic carbocycles. The smallest absolute Gasteiger partial charge is 0.0645 e. The highest BCUT2D eigenvalue weighted by Gasteiger charge is 2.16. The number of rotatable bonds is 7. The van der Waals surface area contributed by atoms with Crippen LogP contribution in [0.2, 0.25) is 5.02 Å². The van der Waals surface area contributed by atoms with Gasteiger partial charge in [0.25, 0.3) is 0 Å². The van der Waals surface area contributed by atoms with Crippen LogP contribution in [-0.4, -0.2) is 50.8 Å². The third-order valence-electron chi connectivity index (χ3n) is 3.67. The first-order valence-corrected chi connectivity index (χ1v) is 7.85. The van der Waals surface area contributed by atoms with Crippen molar-refractivity contribution < 1.29 is 4.74 Å². The minimum Gasteiger partial charge on any atom is -0.380 e. The van der Waals surface area contributed by atoms with Crippen molar-refractivity contribution in [3.8, 4) is 6.07 Å². The molecule has 0 saturated carbocycles. The van der Waals surface area contributed by atoms with E-state index >= 15 is 0 Å². The van der Waals surface area contributed by atoms with Gasteiger partial charge in [0.05, 0.1) is 19.1 Å². The molecule has 0 atom stereocenters. The van der Waals surface area contributed by atoms with Gasteiger partial charge >= 0.3 is 0 Å². The highest BCUT2D eigenvalue weighted by atomic mass is 35.5. The molecule has 0 aromatic heterocycles. The second-order valence-corrected chi connectivity index (χ2v) is 5.62. The van der Waals surface area contributed by atoms with Crippen LogP contribution in [0.15, 0.2) is 24.3 Å². The summed E-state index contributed by atoms with van der Waals surface area (Å²) in [5.74, 6) is 0. The van der Waals surface area contributed by atoms with Gasteiger partial charge in [0.1, 0.15) is 0 Å². The Balaban J connectivity index is 1.63. The fourth-order valence-corrected chi connectivity index (χ4v) is 2.70. The number of halogens is 1. The Morgan fingerprint density at radius 1 is 1.19 bits per heavy atom. The fraction of sp³-hybridized carbons (Fsp3) is 0.562. The normalized spacial score (nSPS) is 15.9. The van der Waals surface area contributed by atoms with Crippen molar-refractivity contribution in [1.82, 2.24) is 4.90 Å². The lowest BCUT2D eigenvalue weighted by molar-refractivity contribution is 0.124. The van der Waals surface area contributed by atoms with E-state index < -0.39 is 0 Å². The zero-order valence-corrected chi connectivity index (χ0v) is 13.1.